The molecular formula is C27H20N4OS. The first-order valence-electron chi connectivity index (χ1n) is 10.7. The van der Waals surface area contributed by atoms with Crippen LogP contribution in [0.3, 0.4) is 0 Å². The highest BCUT2D eigenvalue weighted by Crippen LogP contribution is 2.35. The standard InChI is InChI=1S/C27H20N4OS/c1-17-8-7-9-18(14-17)16-33-27-31-30-26(32-27)23-15-21-20-12-5-6-13-22(20)28-25(21)24(29-23)19-10-3-2-4-11-19/h2-15,28H,16H2,1H3. The van der Waals surface area contributed by atoms with Crippen molar-refractivity contribution in [2.24, 2.45) is 0 Å². The zero-order valence-electron chi connectivity index (χ0n) is 17.9. The molecule has 160 valence electrons. The van der Waals surface area contributed by atoms with Gasteiger partial charge in [-0.2, -0.15) is 0 Å². The highest BCUT2D eigenvalue weighted by molar-refractivity contribution is 7.98. The van der Waals surface area contributed by atoms with E-state index in [1.165, 1.54) is 22.9 Å². The Kier molecular flexibility index (Phi) is 4.92. The SMILES string of the molecule is Cc1cccc(CSc2nnc(-c3cc4c([nH]c5ccccc54)c(-c4ccccc4)n3)o2)c1. The Labute approximate surface area is 194 Å². The molecule has 0 unspecified atom stereocenters. The number of hydrogen-bond donors (Lipinski definition) is 1. The lowest BCUT2D eigenvalue weighted by Crippen LogP contribution is -1.90. The van der Waals surface area contributed by atoms with E-state index in [9.17, 15) is 0 Å². The van der Waals surface area contributed by atoms with Gasteiger partial charge in [0, 0.05) is 27.6 Å². The van der Waals surface area contributed by atoms with E-state index in [0.29, 0.717) is 16.8 Å². The van der Waals surface area contributed by atoms with Crippen LogP contribution in [0, 0.1) is 6.92 Å². The normalized spacial score (nSPS) is 11.4. The van der Waals surface area contributed by atoms with E-state index in [1.54, 1.807) is 0 Å². The minimum atomic E-state index is 0.422. The maximum atomic E-state index is 6.02. The number of thioether (sulfide) groups is 1. The Morgan fingerprint density at radius 1 is 0.848 bits per heavy atom. The molecule has 0 saturated carbocycles. The highest BCUT2D eigenvalue weighted by Gasteiger charge is 2.17. The van der Waals surface area contributed by atoms with Crippen molar-refractivity contribution in [3.8, 4) is 22.8 Å². The van der Waals surface area contributed by atoms with Crippen molar-refractivity contribution >= 4 is 33.6 Å². The molecule has 0 aliphatic rings. The van der Waals surface area contributed by atoms with Crippen LogP contribution >= 0.6 is 11.8 Å². The van der Waals surface area contributed by atoms with Crippen molar-refractivity contribution in [2.45, 2.75) is 17.9 Å². The fraction of sp³-hybridized carbons (Fsp3) is 0.0741. The molecule has 0 aliphatic heterocycles. The number of pyridine rings is 1. The number of H-pyrrole nitrogens is 1. The third kappa shape index (κ3) is 3.79. The van der Waals surface area contributed by atoms with Crippen molar-refractivity contribution < 1.29 is 4.42 Å². The van der Waals surface area contributed by atoms with Crippen LogP contribution in [0.25, 0.3) is 44.6 Å². The van der Waals surface area contributed by atoms with Crippen LogP contribution in [0.2, 0.25) is 0 Å². The number of aromatic nitrogens is 4. The average Bonchev–Trinajstić information content (AvgIpc) is 3.48. The Balaban J connectivity index is 1.42. The molecule has 5 nitrogen and oxygen atoms in total. The maximum Gasteiger partial charge on any atom is 0.277 e. The second-order valence-electron chi connectivity index (χ2n) is 7.97. The van der Waals surface area contributed by atoms with Gasteiger partial charge in [-0.15, -0.1) is 10.2 Å². The van der Waals surface area contributed by atoms with Crippen LogP contribution in [0.1, 0.15) is 11.1 Å². The number of hydrogen-bond acceptors (Lipinski definition) is 5. The van der Waals surface area contributed by atoms with E-state index in [1.807, 2.05) is 36.4 Å². The second kappa shape index (κ2) is 8.22. The maximum absolute atomic E-state index is 6.02. The summed E-state index contributed by atoms with van der Waals surface area (Å²) < 4.78 is 6.02. The van der Waals surface area contributed by atoms with Crippen molar-refractivity contribution in [2.75, 3.05) is 0 Å². The smallest absolute Gasteiger partial charge is 0.277 e. The summed E-state index contributed by atoms with van der Waals surface area (Å²) in [6.07, 6.45) is 0. The van der Waals surface area contributed by atoms with Gasteiger partial charge in [0.2, 0.25) is 0 Å². The molecule has 0 bridgehead atoms. The predicted octanol–water partition coefficient (Wildman–Crippen LogP) is 7.03. The van der Waals surface area contributed by atoms with Crippen molar-refractivity contribution in [3.63, 3.8) is 0 Å². The lowest BCUT2D eigenvalue weighted by Gasteiger charge is -2.05. The Morgan fingerprint density at radius 3 is 2.58 bits per heavy atom. The molecule has 0 saturated heterocycles. The quantitative estimate of drug-likeness (QED) is 0.287. The molecule has 3 heterocycles. The number of fused-ring (bicyclic) bond motifs is 3. The summed E-state index contributed by atoms with van der Waals surface area (Å²) in [5.74, 6) is 1.19. The second-order valence-corrected chi connectivity index (χ2v) is 8.89. The minimum Gasteiger partial charge on any atom is -0.410 e. The van der Waals surface area contributed by atoms with Crippen LogP contribution in [0.15, 0.2) is 94.6 Å². The summed E-state index contributed by atoms with van der Waals surface area (Å²) in [5, 5.41) is 11.3. The summed E-state index contributed by atoms with van der Waals surface area (Å²) in [5.41, 5.74) is 7.11. The first-order valence-corrected chi connectivity index (χ1v) is 11.7. The molecule has 6 aromatic rings. The molecule has 0 spiro atoms. The summed E-state index contributed by atoms with van der Waals surface area (Å²) in [6.45, 7) is 2.09. The molecule has 0 aliphatic carbocycles. The molecule has 3 aromatic heterocycles. The Bertz CT molecular complexity index is 1590. The van der Waals surface area contributed by atoms with Crippen LogP contribution in [0.5, 0.6) is 0 Å². The van der Waals surface area contributed by atoms with Crippen LogP contribution < -0.4 is 0 Å². The summed E-state index contributed by atoms with van der Waals surface area (Å²) in [6, 6.07) is 28.9. The molecule has 1 N–H and O–H groups in total. The first kappa shape index (κ1) is 19.8. The van der Waals surface area contributed by atoms with Gasteiger partial charge < -0.3 is 9.40 Å². The van der Waals surface area contributed by atoms with Crippen LogP contribution in [-0.4, -0.2) is 20.2 Å². The number of rotatable bonds is 5. The fourth-order valence-electron chi connectivity index (χ4n) is 4.08. The molecule has 6 rings (SSSR count). The first-order chi connectivity index (χ1) is 16.2. The lowest BCUT2D eigenvalue weighted by molar-refractivity contribution is 0.464. The molecule has 0 fully saturated rings. The number of benzene rings is 3. The van der Waals surface area contributed by atoms with Gasteiger partial charge in [0.25, 0.3) is 11.1 Å². The number of nitrogens with one attached hydrogen (secondary N) is 1. The zero-order valence-corrected chi connectivity index (χ0v) is 18.8. The number of aromatic amines is 1. The summed E-state index contributed by atoms with van der Waals surface area (Å²) >= 11 is 1.53. The van der Waals surface area contributed by atoms with Crippen LogP contribution in [0.4, 0.5) is 0 Å². The zero-order chi connectivity index (χ0) is 22.2. The number of aryl methyl sites for hydroxylation is 1. The molecule has 3 aromatic carbocycles. The van der Waals surface area contributed by atoms with Gasteiger partial charge in [0.15, 0.2) is 0 Å². The van der Waals surface area contributed by atoms with Gasteiger partial charge in [0.1, 0.15) is 5.69 Å². The number of para-hydroxylation sites is 1. The largest absolute Gasteiger partial charge is 0.410 e. The fourth-order valence-corrected chi connectivity index (χ4v) is 4.78. The monoisotopic (exact) mass is 448 g/mol. The van der Waals surface area contributed by atoms with E-state index >= 15 is 0 Å². The molecule has 0 amide bonds. The van der Waals surface area contributed by atoms with Gasteiger partial charge in [-0.1, -0.05) is 90.1 Å². The van der Waals surface area contributed by atoms with E-state index < -0.39 is 0 Å². The molecule has 6 heteroatoms. The van der Waals surface area contributed by atoms with Crippen LogP contribution in [-0.2, 0) is 5.75 Å². The van der Waals surface area contributed by atoms with Gasteiger partial charge in [-0.25, -0.2) is 4.98 Å². The highest BCUT2D eigenvalue weighted by atomic mass is 32.2. The Morgan fingerprint density at radius 2 is 1.70 bits per heavy atom. The average molecular weight is 449 g/mol. The molecule has 33 heavy (non-hydrogen) atoms. The van der Waals surface area contributed by atoms with Gasteiger partial charge in [-0.3, -0.25) is 0 Å². The third-order valence-corrected chi connectivity index (χ3v) is 6.50. The molecule has 0 atom stereocenters. The van der Waals surface area contributed by atoms with E-state index in [4.69, 9.17) is 9.40 Å². The lowest BCUT2D eigenvalue weighted by atomic mass is 10.1. The van der Waals surface area contributed by atoms with E-state index in [0.717, 1.165) is 38.8 Å². The molecule has 0 radical (unpaired) electrons. The van der Waals surface area contributed by atoms with Crippen molar-refractivity contribution in [1.82, 2.24) is 20.2 Å². The predicted molar refractivity (Wildman–Crippen MR) is 133 cm³/mol. The van der Waals surface area contributed by atoms with E-state index in [2.05, 4.69) is 70.6 Å². The van der Waals surface area contributed by atoms with Crippen molar-refractivity contribution in [1.29, 1.82) is 0 Å². The van der Waals surface area contributed by atoms with Gasteiger partial charge >= 0.3 is 0 Å². The van der Waals surface area contributed by atoms with Gasteiger partial charge in [-0.05, 0) is 24.6 Å². The molecular weight excluding hydrogens is 428 g/mol. The third-order valence-electron chi connectivity index (χ3n) is 5.61. The minimum absolute atomic E-state index is 0.422. The summed E-state index contributed by atoms with van der Waals surface area (Å²) in [4.78, 5) is 8.48. The van der Waals surface area contributed by atoms with Gasteiger partial charge in [0.05, 0.1) is 11.2 Å². The Hall–Kier alpha value is -3.90. The van der Waals surface area contributed by atoms with E-state index in [-0.39, 0.29) is 0 Å². The summed E-state index contributed by atoms with van der Waals surface area (Å²) in [7, 11) is 0. The topological polar surface area (TPSA) is 67.6 Å². The number of nitrogens with zero attached hydrogens (tertiary/aromatic N) is 3. The van der Waals surface area contributed by atoms with Crippen molar-refractivity contribution in [3.05, 3.63) is 96.1 Å².